The average molecular weight is 270 g/mol. The summed E-state index contributed by atoms with van der Waals surface area (Å²) in [6.07, 6.45) is 1.14. The van der Waals surface area contributed by atoms with Crippen molar-refractivity contribution in [1.29, 1.82) is 0 Å². The summed E-state index contributed by atoms with van der Waals surface area (Å²) in [6.45, 7) is 1.17. The number of nitrogens with one attached hydrogen (secondary N) is 1. The minimum Gasteiger partial charge on any atom is -0.453 e. The van der Waals surface area contributed by atoms with Crippen LogP contribution in [0.4, 0.5) is 19.3 Å². The van der Waals surface area contributed by atoms with E-state index in [0.29, 0.717) is 18.8 Å². The lowest BCUT2D eigenvalue weighted by Gasteiger charge is -2.34. The van der Waals surface area contributed by atoms with Crippen molar-refractivity contribution in [1.82, 2.24) is 5.32 Å². The number of rotatable bonds is 2. The summed E-state index contributed by atoms with van der Waals surface area (Å²) in [5.41, 5.74) is 0.359. The maximum Gasteiger partial charge on any atom is 0.407 e. The standard InChI is InChI=1S/C13H16F2N2O2/c1-19-13(18)16-10-3-2-6-17(8-10)12-5-4-9(14)7-11(12)15/h4-5,7,10H,2-3,6,8H2,1H3,(H,16,18). The zero-order chi connectivity index (χ0) is 13.8. The van der Waals surface area contributed by atoms with Crippen LogP contribution < -0.4 is 10.2 Å². The number of benzene rings is 1. The van der Waals surface area contributed by atoms with Gasteiger partial charge < -0.3 is 15.0 Å². The second-order valence-corrected chi connectivity index (χ2v) is 4.52. The van der Waals surface area contributed by atoms with Gasteiger partial charge >= 0.3 is 6.09 Å². The molecule has 1 aromatic rings. The van der Waals surface area contributed by atoms with Gasteiger partial charge in [0, 0.05) is 25.2 Å². The number of nitrogens with zero attached hydrogens (tertiary/aromatic N) is 1. The van der Waals surface area contributed by atoms with Gasteiger partial charge in [-0.1, -0.05) is 0 Å². The number of ether oxygens (including phenoxy) is 1. The third-order valence-electron chi connectivity index (χ3n) is 3.18. The molecule has 1 saturated heterocycles. The van der Waals surface area contributed by atoms with E-state index in [9.17, 15) is 13.6 Å². The van der Waals surface area contributed by atoms with Crippen LogP contribution in [-0.4, -0.2) is 32.3 Å². The van der Waals surface area contributed by atoms with E-state index in [0.717, 1.165) is 18.9 Å². The number of halogens is 2. The van der Waals surface area contributed by atoms with Gasteiger partial charge in [0.25, 0.3) is 0 Å². The van der Waals surface area contributed by atoms with Gasteiger partial charge in [-0.3, -0.25) is 0 Å². The van der Waals surface area contributed by atoms with Crippen molar-refractivity contribution >= 4 is 11.8 Å². The first-order chi connectivity index (χ1) is 9.10. The largest absolute Gasteiger partial charge is 0.453 e. The minimum atomic E-state index is -0.595. The molecule has 1 heterocycles. The Kier molecular flexibility index (Phi) is 4.19. The molecule has 1 aliphatic heterocycles. The van der Waals surface area contributed by atoms with Crippen LogP contribution in [0.5, 0.6) is 0 Å². The molecule has 1 N–H and O–H groups in total. The molecule has 1 atom stereocenters. The Balaban J connectivity index is 2.06. The van der Waals surface area contributed by atoms with Crippen LogP contribution in [0.3, 0.4) is 0 Å². The molecule has 0 aromatic heterocycles. The maximum atomic E-state index is 13.7. The quantitative estimate of drug-likeness (QED) is 0.896. The van der Waals surface area contributed by atoms with E-state index >= 15 is 0 Å². The van der Waals surface area contributed by atoms with Gasteiger partial charge in [0.05, 0.1) is 12.8 Å². The van der Waals surface area contributed by atoms with Crippen LogP contribution >= 0.6 is 0 Å². The Morgan fingerprint density at radius 1 is 1.47 bits per heavy atom. The lowest BCUT2D eigenvalue weighted by Crippen LogP contribution is -2.48. The van der Waals surface area contributed by atoms with Crippen molar-refractivity contribution in [2.45, 2.75) is 18.9 Å². The first-order valence-electron chi connectivity index (χ1n) is 6.14. The number of amides is 1. The fourth-order valence-electron chi connectivity index (χ4n) is 2.28. The Morgan fingerprint density at radius 2 is 2.26 bits per heavy atom. The smallest absolute Gasteiger partial charge is 0.407 e. The number of hydrogen-bond acceptors (Lipinski definition) is 3. The van der Waals surface area contributed by atoms with E-state index < -0.39 is 17.7 Å². The molecule has 0 bridgehead atoms. The van der Waals surface area contributed by atoms with E-state index in [1.165, 1.54) is 19.2 Å². The van der Waals surface area contributed by atoms with Crippen molar-refractivity contribution in [3.63, 3.8) is 0 Å². The summed E-state index contributed by atoms with van der Waals surface area (Å²) in [4.78, 5) is 13.0. The highest BCUT2D eigenvalue weighted by Gasteiger charge is 2.23. The van der Waals surface area contributed by atoms with Crippen LogP contribution in [-0.2, 0) is 4.74 Å². The number of piperidine rings is 1. The lowest BCUT2D eigenvalue weighted by atomic mass is 10.0. The van der Waals surface area contributed by atoms with Gasteiger partial charge in [-0.05, 0) is 25.0 Å². The van der Waals surface area contributed by atoms with E-state index in [1.807, 2.05) is 0 Å². The summed E-state index contributed by atoms with van der Waals surface area (Å²) in [5.74, 6) is -1.18. The molecule has 0 aliphatic carbocycles. The predicted molar refractivity (Wildman–Crippen MR) is 67.1 cm³/mol. The monoisotopic (exact) mass is 270 g/mol. The number of alkyl carbamates (subject to hydrolysis) is 1. The van der Waals surface area contributed by atoms with Crippen molar-refractivity contribution < 1.29 is 18.3 Å². The molecule has 1 amide bonds. The second kappa shape index (κ2) is 5.86. The average Bonchev–Trinajstić information content (AvgIpc) is 2.39. The van der Waals surface area contributed by atoms with Crippen molar-refractivity contribution in [2.75, 3.05) is 25.1 Å². The topological polar surface area (TPSA) is 41.6 Å². The van der Waals surface area contributed by atoms with Gasteiger partial charge in [0.15, 0.2) is 0 Å². The van der Waals surface area contributed by atoms with Gasteiger partial charge in [-0.25, -0.2) is 13.6 Å². The maximum absolute atomic E-state index is 13.7. The molecule has 1 unspecified atom stereocenters. The molecule has 2 rings (SSSR count). The molecular weight excluding hydrogens is 254 g/mol. The molecule has 0 spiro atoms. The first-order valence-corrected chi connectivity index (χ1v) is 6.14. The zero-order valence-corrected chi connectivity index (χ0v) is 10.7. The van der Waals surface area contributed by atoms with Gasteiger partial charge in [0.2, 0.25) is 0 Å². The van der Waals surface area contributed by atoms with Gasteiger partial charge in [0.1, 0.15) is 11.6 Å². The molecule has 6 heteroatoms. The molecule has 1 aliphatic rings. The number of carbonyl (C=O) groups excluding carboxylic acids is 1. The van der Waals surface area contributed by atoms with E-state index in [-0.39, 0.29) is 6.04 Å². The van der Waals surface area contributed by atoms with Crippen molar-refractivity contribution in [3.8, 4) is 0 Å². The van der Waals surface area contributed by atoms with E-state index in [1.54, 1.807) is 4.90 Å². The number of anilines is 1. The summed E-state index contributed by atoms with van der Waals surface area (Å²) >= 11 is 0. The van der Waals surface area contributed by atoms with Crippen LogP contribution in [0.1, 0.15) is 12.8 Å². The Morgan fingerprint density at radius 3 is 2.95 bits per heavy atom. The molecule has 4 nitrogen and oxygen atoms in total. The summed E-state index contributed by atoms with van der Waals surface area (Å²) < 4.78 is 31.1. The van der Waals surface area contributed by atoms with Gasteiger partial charge in [-0.15, -0.1) is 0 Å². The minimum absolute atomic E-state index is 0.0920. The highest BCUT2D eigenvalue weighted by molar-refractivity contribution is 5.67. The molecular formula is C13H16F2N2O2. The number of carbonyl (C=O) groups is 1. The number of methoxy groups -OCH3 is 1. The molecule has 0 radical (unpaired) electrons. The second-order valence-electron chi connectivity index (χ2n) is 4.52. The highest BCUT2D eigenvalue weighted by Crippen LogP contribution is 2.23. The highest BCUT2D eigenvalue weighted by atomic mass is 19.1. The summed E-state index contributed by atoms with van der Waals surface area (Å²) in [5, 5.41) is 2.70. The Labute approximate surface area is 110 Å². The van der Waals surface area contributed by atoms with Crippen LogP contribution in [0.15, 0.2) is 18.2 Å². The van der Waals surface area contributed by atoms with Gasteiger partial charge in [-0.2, -0.15) is 0 Å². The molecule has 19 heavy (non-hydrogen) atoms. The predicted octanol–water partition coefficient (Wildman–Crippen LogP) is 2.29. The fourth-order valence-corrected chi connectivity index (χ4v) is 2.28. The Hall–Kier alpha value is -1.85. The summed E-state index contributed by atoms with van der Waals surface area (Å²) in [6, 6.07) is 3.43. The fraction of sp³-hybridized carbons (Fsp3) is 0.462. The first kappa shape index (κ1) is 13.6. The van der Waals surface area contributed by atoms with E-state index in [2.05, 4.69) is 10.1 Å². The third kappa shape index (κ3) is 3.33. The molecule has 104 valence electrons. The van der Waals surface area contributed by atoms with Crippen LogP contribution in [0, 0.1) is 11.6 Å². The van der Waals surface area contributed by atoms with Crippen LogP contribution in [0.25, 0.3) is 0 Å². The lowest BCUT2D eigenvalue weighted by molar-refractivity contribution is 0.165. The SMILES string of the molecule is COC(=O)NC1CCCN(c2ccc(F)cc2F)C1. The van der Waals surface area contributed by atoms with Crippen LogP contribution in [0.2, 0.25) is 0 Å². The molecule has 0 saturated carbocycles. The summed E-state index contributed by atoms with van der Waals surface area (Å²) in [7, 11) is 1.30. The normalized spacial score (nSPS) is 19.1. The zero-order valence-electron chi connectivity index (χ0n) is 10.7. The number of hydrogen-bond donors (Lipinski definition) is 1. The third-order valence-corrected chi connectivity index (χ3v) is 3.18. The van der Waals surface area contributed by atoms with Crippen molar-refractivity contribution in [2.24, 2.45) is 0 Å². The van der Waals surface area contributed by atoms with Crippen molar-refractivity contribution in [3.05, 3.63) is 29.8 Å². The Bertz CT molecular complexity index is 468. The molecule has 1 aromatic carbocycles. The molecule has 1 fully saturated rings. The van der Waals surface area contributed by atoms with E-state index in [4.69, 9.17) is 0 Å².